The van der Waals surface area contributed by atoms with Gasteiger partial charge in [0.25, 0.3) is 0 Å². The summed E-state index contributed by atoms with van der Waals surface area (Å²) >= 11 is 0. The van der Waals surface area contributed by atoms with E-state index in [0.29, 0.717) is 5.75 Å². The van der Waals surface area contributed by atoms with Crippen LogP contribution in [0.1, 0.15) is 31.9 Å². The predicted octanol–water partition coefficient (Wildman–Crippen LogP) is 3.87. The normalized spacial score (nSPS) is 12.9. The molecule has 7 heteroatoms. The lowest BCUT2D eigenvalue weighted by Crippen LogP contribution is -2.44. The molecular formula is C21H27NO5S. The van der Waals surface area contributed by atoms with Crippen molar-refractivity contribution in [3.8, 4) is 5.75 Å². The van der Waals surface area contributed by atoms with Crippen molar-refractivity contribution in [3.63, 3.8) is 0 Å². The molecule has 2 aromatic rings. The van der Waals surface area contributed by atoms with Gasteiger partial charge in [-0.15, -0.1) is 0 Å². The second-order valence-electron chi connectivity index (χ2n) is 7.55. The Morgan fingerprint density at radius 2 is 1.61 bits per heavy atom. The molecule has 1 N–H and O–H groups in total. The molecule has 2 rings (SSSR count). The topological polar surface area (TPSA) is 81.7 Å². The molecule has 0 aliphatic carbocycles. The maximum absolute atomic E-state index is 13.2. The highest BCUT2D eigenvalue weighted by Crippen LogP contribution is 2.21. The lowest BCUT2D eigenvalue weighted by atomic mass is 10.1. The van der Waals surface area contributed by atoms with Crippen LogP contribution in [0.4, 0.5) is 4.79 Å². The van der Waals surface area contributed by atoms with Crippen LogP contribution in [-0.2, 0) is 21.0 Å². The number of hydrogen-bond donors (Lipinski definition) is 1. The van der Waals surface area contributed by atoms with Crippen molar-refractivity contribution < 1.29 is 22.7 Å². The van der Waals surface area contributed by atoms with E-state index in [4.69, 9.17) is 9.47 Å². The second-order valence-corrected chi connectivity index (χ2v) is 9.68. The number of carbonyl (C=O) groups is 1. The Bertz CT molecular complexity index is 897. The molecule has 1 amide bonds. The number of nitrogens with one attached hydrogen (secondary N) is 1. The second kappa shape index (κ2) is 8.65. The molecule has 28 heavy (non-hydrogen) atoms. The fourth-order valence-electron chi connectivity index (χ4n) is 2.55. The minimum absolute atomic E-state index is 0.0967. The third-order valence-electron chi connectivity index (χ3n) is 3.98. The molecule has 1 unspecified atom stereocenters. The number of hydrogen-bond acceptors (Lipinski definition) is 5. The van der Waals surface area contributed by atoms with E-state index in [2.05, 4.69) is 5.32 Å². The van der Waals surface area contributed by atoms with Gasteiger partial charge < -0.3 is 14.8 Å². The Kier molecular flexibility index (Phi) is 6.72. The molecule has 0 aliphatic heterocycles. The Morgan fingerprint density at radius 3 is 2.11 bits per heavy atom. The monoisotopic (exact) mass is 405 g/mol. The number of aryl methyl sites for hydroxylation is 1. The third kappa shape index (κ3) is 5.99. The first-order chi connectivity index (χ1) is 13.0. The van der Waals surface area contributed by atoms with Gasteiger partial charge in [-0.3, -0.25) is 0 Å². The summed E-state index contributed by atoms with van der Waals surface area (Å²) in [5, 5.41) is 1.36. The Hall–Kier alpha value is -2.54. The van der Waals surface area contributed by atoms with E-state index in [1.165, 1.54) is 0 Å². The van der Waals surface area contributed by atoms with E-state index >= 15 is 0 Å². The zero-order valence-corrected chi connectivity index (χ0v) is 17.7. The van der Waals surface area contributed by atoms with Gasteiger partial charge in [-0.05, 0) is 57.5 Å². The largest absolute Gasteiger partial charge is 0.497 e. The summed E-state index contributed by atoms with van der Waals surface area (Å²) in [5.41, 5.74) is 0.964. The van der Waals surface area contributed by atoms with E-state index < -0.39 is 26.9 Å². The minimum Gasteiger partial charge on any atom is -0.497 e. The maximum Gasteiger partial charge on any atom is 0.408 e. The van der Waals surface area contributed by atoms with E-state index in [9.17, 15) is 13.2 Å². The molecular weight excluding hydrogens is 378 g/mol. The first-order valence-corrected chi connectivity index (χ1v) is 10.5. The number of sulfone groups is 1. The molecule has 2 aromatic carbocycles. The highest BCUT2D eigenvalue weighted by Gasteiger charge is 2.31. The standard InChI is InChI=1S/C21H27NO5S/c1-15-6-12-18(13-7-15)28(24,25)19(22-20(23)27-21(2,3)4)14-16-8-10-17(26-5)11-9-16/h6-13,19H,14H2,1-5H3,(H,22,23). The van der Waals surface area contributed by atoms with Gasteiger partial charge in [-0.25, -0.2) is 13.2 Å². The van der Waals surface area contributed by atoms with Crippen molar-refractivity contribution in [1.29, 1.82) is 0 Å². The summed E-state index contributed by atoms with van der Waals surface area (Å²) in [7, 11) is -2.27. The van der Waals surface area contributed by atoms with Crippen molar-refractivity contribution in [1.82, 2.24) is 5.32 Å². The van der Waals surface area contributed by atoms with Crippen molar-refractivity contribution in [3.05, 3.63) is 59.7 Å². The van der Waals surface area contributed by atoms with E-state index in [-0.39, 0.29) is 11.3 Å². The van der Waals surface area contributed by atoms with Crippen LogP contribution in [0.5, 0.6) is 5.75 Å². The molecule has 1 atom stereocenters. The number of rotatable bonds is 6. The fourth-order valence-corrected chi connectivity index (χ4v) is 4.05. The van der Waals surface area contributed by atoms with Gasteiger partial charge in [0.1, 0.15) is 16.7 Å². The Morgan fingerprint density at radius 1 is 1.04 bits per heavy atom. The Balaban J connectivity index is 2.33. The lowest BCUT2D eigenvalue weighted by molar-refractivity contribution is 0.0520. The SMILES string of the molecule is COc1ccc(CC(NC(=O)OC(C)(C)C)S(=O)(=O)c2ccc(C)cc2)cc1. The minimum atomic E-state index is -3.83. The van der Waals surface area contributed by atoms with Crippen molar-refractivity contribution in [2.75, 3.05) is 7.11 Å². The third-order valence-corrected chi connectivity index (χ3v) is 5.94. The molecule has 0 spiro atoms. The first kappa shape index (κ1) is 21.8. The zero-order valence-electron chi connectivity index (χ0n) is 16.9. The molecule has 0 bridgehead atoms. The fraction of sp³-hybridized carbons (Fsp3) is 0.381. The summed E-state index contributed by atoms with van der Waals surface area (Å²) in [6.07, 6.45) is -0.680. The van der Waals surface area contributed by atoms with Gasteiger partial charge in [0, 0.05) is 6.42 Å². The van der Waals surface area contributed by atoms with Crippen LogP contribution in [-0.4, -0.2) is 32.6 Å². The Labute approximate surface area is 166 Å². The molecule has 0 saturated carbocycles. The van der Waals surface area contributed by atoms with Crippen LogP contribution in [0.25, 0.3) is 0 Å². The number of amides is 1. The highest BCUT2D eigenvalue weighted by atomic mass is 32.2. The molecule has 152 valence electrons. The molecule has 0 heterocycles. The van der Waals surface area contributed by atoms with Gasteiger partial charge in [0.2, 0.25) is 0 Å². The van der Waals surface area contributed by atoms with Crippen molar-refractivity contribution >= 4 is 15.9 Å². The van der Waals surface area contributed by atoms with Gasteiger partial charge in [0.15, 0.2) is 9.84 Å². The number of alkyl carbamates (subject to hydrolysis) is 1. The average molecular weight is 406 g/mol. The molecule has 0 saturated heterocycles. The number of methoxy groups -OCH3 is 1. The number of carbonyl (C=O) groups excluding carboxylic acids is 1. The maximum atomic E-state index is 13.2. The van der Waals surface area contributed by atoms with Crippen molar-refractivity contribution in [2.24, 2.45) is 0 Å². The van der Waals surface area contributed by atoms with Crippen LogP contribution in [0, 0.1) is 6.92 Å². The summed E-state index contributed by atoms with van der Waals surface area (Å²) in [6.45, 7) is 7.04. The smallest absolute Gasteiger partial charge is 0.408 e. The summed E-state index contributed by atoms with van der Waals surface area (Å²) in [5.74, 6) is 0.668. The molecule has 0 radical (unpaired) electrons. The number of ether oxygens (including phenoxy) is 2. The number of benzene rings is 2. The van der Waals surface area contributed by atoms with Gasteiger partial charge in [-0.1, -0.05) is 29.8 Å². The average Bonchev–Trinajstić information content (AvgIpc) is 2.60. The molecule has 0 fully saturated rings. The van der Waals surface area contributed by atoms with E-state index in [1.54, 1.807) is 76.4 Å². The zero-order chi connectivity index (χ0) is 20.9. The summed E-state index contributed by atoms with van der Waals surface area (Å²) < 4.78 is 36.7. The molecule has 0 aromatic heterocycles. The van der Waals surface area contributed by atoms with Crippen LogP contribution < -0.4 is 10.1 Å². The van der Waals surface area contributed by atoms with Crippen LogP contribution in [0.2, 0.25) is 0 Å². The molecule has 6 nitrogen and oxygen atoms in total. The van der Waals surface area contributed by atoms with E-state index in [1.807, 2.05) is 6.92 Å². The summed E-state index contributed by atoms with van der Waals surface area (Å²) in [4.78, 5) is 12.4. The predicted molar refractivity (Wildman–Crippen MR) is 108 cm³/mol. The summed E-state index contributed by atoms with van der Waals surface area (Å²) in [6, 6.07) is 13.6. The van der Waals surface area contributed by atoms with Crippen molar-refractivity contribution in [2.45, 2.75) is 50.0 Å². The first-order valence-electron chi connectivity index (χ1n) is 8.94. The lowest BCUT2D eigenvalue weighted by Gasteiger charge is -2.24. The van der Waals surface area contributed by atoms with Crippen LogP contribution >= 0.6 is 0 Å². The van der Waals surface area contributed by atoms with Gasteiger partial charge in [0.05, 0.1) is 12.0 Å². The molecule has 0 aliphatic rings. The quantitative estimate of drug-likeness (QED) is 0.789. The highest BCUT2D eigenvalue weighted by molar-refractivity contribution is 7.92. The van der Waals surface area contributed by atoms with Crippen LogP contribution in [0.3, 0.4) is 0 Å². The van der Waals surface area contributed by atoms with Crippen LogP contribution in [0.15, 0.2) is 53.4 Å². The van der Waals surface area contributed by atoms with Gasteiger partial charge >= 0.3 is 6.09 Å². The van der Waals surface area contributed by atoms with E-state index in [0.717, 1.165) is 11.1 Å². The van der Waals surface area contributed by atoms with Gasteiger partial charge in [-0.2, -0.15) is 0 Å².